The van der Waals surface area contributed by atoms with Crippen LogP contribution in [0, 0.1) is 0 Å². The second-order valence-electron chi connectivity index (χ2n) is 4.37. The van der Waals surface area contributed by atoms with Crippen LogP contribution in [-0.4, -0.2) is 24.4 Å². The maximum absolute atomic E-state index is 11.8. The van der Waals surface area contributed by atoms with Gasteiger partial charge in [-0.05, 0) is 24.5 Å². The van der Waals surface area contributed by atoms with E-state index in [2.05, 4.69) is 6.92 Å². The Bertz CT molecular complexity index is 363. The number of carbonyl (C=O) groups excluding carboxylic acids is 1. The summed E-state index contributed by atoms with van der Waals surface area (Å²) in [5.74, 6) is 0.196. The number of unbranched alkanes of at least 4 members (excludes halogenated alkanes) is 1. The van der Waals surface area contributed by atoms with Crippen LogP contribution < -0.4 is 5.73 Å². The highest BCUT2D eigenvalue weighted by atomic mass is 16.2. The third kappa shape index (κ3) is 4.47. The van der Waals surface area contributed by atoms with Crippen LogP contribution in [0.15, 0.2) is 24.3 Å². The standard InChI is InChI=1S/C14H22N2O/c1-3-4-11-16(2)14(17)10-9-12-7-5-6-8-13(12)15/h5-8H,3-4,9-11,15H2,1-2H3. The number of aryl methyl sites for hydroxylation is 1. The van der Waals surface area contributed by atoms with Gasteiger partial charge in [0.2, 0.25) is 5.91 Å². The van der Waals surface area contributed by atoms with Crippen LogP contribution in [0.1, 0.15) is 31.7 Å². The molecule has 0 saturated heterocycles. The molecule has 0 aliphatic heterocycles. The Kier molecular flexibility index (Phi) is 5.53. The molecular formula is C14H22N2O. The van der Waals surface area contributed by atoms with Gasteiger partial charge in [0, 0.05) is 25.7 Å². The van der Waals surface area contributed by atoms with Crippen molar-refractivity contribution in [2.24, 2.45) is 0 Å². The van der Waals surface area contributed by atoms with E-state index in [1.165, 1.54) is 0 Å². The van der Waals surface area contributed by atoms with E-state index >= 15 is 0 Å². The lowest BCUT2D eigenvalue weighted by molar-refractivity contribution is -0.129. The minimum absolute atomic E-state index is 0.196. The van der Waals surface area contributed by atoms with Crippen LogP contribution in [-0.2, 0) is 11.2 Å². The van der Waals surface area contributed by atoms with E-state index in [1.54, 1.807) is 0 Å². The second kappa shape index (κ2) is 6.94. The van der Waals surface area contributed by atoms with Crippen molar-refractivity contribution >= 4 is 11.6 Å². The first kappa shape index (κ1) is 13.6. The Morgan fingerprint density at radius 3 is 2.71 bits per heavy atom. The second-order valence-corrected chi connectivity index (χ2v) is 4.37. The topological polar surface area (TPSA) is 46.3 Å². The first-order chi connectivity index (χ1) is 8.15. The van der Waals surface area contributed by atoms with E-state index in [-0.39, 0.29) is 5.91 Å². The Morgan fingerprint density at radius 1 is 1.35 bits per heavy atom. The zero-order valence-corrected chi connectivity index (χ0v) is 10.8. The molecule has 94 valence electrons. The number of anilines is 1. The normalized spacial score (nSPS) is 10.2. The number of nitrogens with two attached hydrogens (primary N) is 1. The van der Waals surface area contributed by atoms with Crippen LogP contribution in [0.4, 0.5) is 5.69 Å². The zero-order valence-electron chi connectivity index (χ0n) is 10.8. The van der Waals surface area contributed by atoms with Gasteiger partial charge < -0.3 is 10.6 Å². The Hall–Kier alpha value is -1.51. The molecule has 1 aromatic rings. The monoisotopic (exact) mass is 234 g/mol. The van der Waals surface area contributed by atoms with E-state index in [9.17, 15) is 4.79 Å². The van der Waals surface area contributed by atoms with Crippen molar-refractivity contribution in [3.8, 4) is 0 Å². The van der Waals surface area contributed by atoms with Crippen LogP contribution in [0.5, 0.6) is 0 Å². The van der Waals surface area contributed by atoms with Gasteiger partial charge in [-0.1, -0.05) is 31.5 Å². The van der Waals surface area contributed by atoms with Gasteiger partial charge in [0.05, 0.1) is 0 Å². The molecule has 0 bridgehead atoms. The predicted octanol–water partition coefficient (Wildman–Crippen LogP) is 2.46. The molecule has 0 aliphatic carbocycles. The molecule has 0 atom stereocenters. The summed E-state index contributed by atoms with van der Waals surface area (Å²) in [6, 6.07) is 7.72. The highest BCUT2D eigenvalue weighted by Crippen LogP contribution is 2.13. The first-order valence-corrected chi connectivity index (χ1v) is 6.22. The number of para-hydroxylation sites is 1. The molecule has 3 heteroatoms. The van der Waals surface area contributed by atoms with Crippen molar-refractivity contribution < 1.29 is 4.79 Å². The first-order valence-electron chi connectivity index (χ1n) is 6.22. The van der Waals surface area contributed by atoms with Crippen LogP contribution >= 0.6 is 0 Å². The average Bonchev–Trinajstić information content (AvgIpc) is 2.34. The molecular weight excluding hydrogens is 212 g/mol. The molecule has 1 amide bonds. The fourth-order valence-electron chi connectivity index (χ4n) is 1.71. The van der Waals surface area contributed by atoms with E-state index in [0.717, 1.165) is 37.1 Å². The third-order valence-corrected chi connectivity index (χ3v) is 2.94. The van der Waals surface area contributed by atoms with Gasteiger partial charge in [-0.2, -0.15) is 0 Å². The van der Waals surface area contributed by atoms with Crippen LogP contribution in [0.25, 0.3) is 0 Å². The highest BCUT2D eigenvalue weighted by molar-refractivity contribution is 5.76. The molecule has 0 heterocycles. The van der Waals surface area contributed by atoms with E-state index < -0.39 is 0 Å². The van der Waals surface area contributed by atoms with Gasteiger partial charge in [-0.15, -0.1) is 0 Å². The lowest BCUT2D eigenvalue weighted by atomic mass is 10.1. The minimum atomic E-state index is 0.196. The van der Waals surface area contributed by atoms with E-state index in [0.29, 0.717) is 6.42 Å². The summed E-state index contributed by atoms with van der Waals surface area (Å²) in [7, 11) is 1.87. The summed E-state index contributed by atoms with van der Waals surface area (Å²) in [6.45, 7) is 2.97. The van der Waals surface area contributed by atoms with E-state index in [4.69, 9.17) is 5.73 Å². The quantitative estimate of drug-likeness (QED) is 0.768. The minimum Gasteiger partial charge on any atom is -0.399 e. The lowest BCUT2D eigenvalue weighted by Crippen LogP contribution is -2.27. The summed E-state index contributed by atoms with van der Waals surface area (Å²) in [5, 5.41) is 0. The summed E-state index contributed by atoms with van der Waals surface area (Å²) < 4.78 is 0. The van der Waals surface area contributed by atoms with Gasteiger partial charge in [0.1, 0.15) is 0 Å². The summed E-state index contributed by atoms with van der Waals surface area (Å²) in [6.07, 6.45) is 3.44. The number of amides is 1. The molecule has 1 aromatic carbocycles. The van der Waals surface area contributed by atoms with Crippen molar-refractivity contribution in [1.29, 1.82) is 0 Å². The predicted molar refractivity (Wildman–Crippen MR) is 71.7 cm³/mol. The number of carbonyl (C=O) groups is 1. The molecule has 0 spiro atoms. The summed E-state index contributed by atoms with van der Waals surface area (Å²) >= 11 is 0. The molecule has 0 aromatic heterocycles. The SMILES string of the molecule is CCCCN(C)C(=O)CCc1ccccc1N. The van der Waals surface area contributed by atoms with Crippen LogP contribution in [0.3, 0.4) is 0 Å². The molecule has 17 heavy (non-hydrogen) atoms. The molecule has 0 fully saturated rings. The van der Waals surface area contributed by atoms with Crippen molar-refractivity contribution in [2.45, 2.75) is 32.6 Å². The molecule has 0 radical (unpaired) electrons. The number of nitrogen functional groups attached to an aromatic ring is 1. The lowest BCUT2D eigenvalue weighted by Gasteiger charge is -2.16. The van der Waals surface area contributed by atoms with Gasteiger partial charge in [-0.25, -0.2) is 0 Å². The fourth-order valence-corrected chi connectivity index (χ4v) is 1.71. The van der Waals surface area contributed by atoms with Gasteiger partial charge >= 0.3 is 0 Å². The fraction of sp³-hybridized carbons (Fsp3) is 0.500. The molecule has 0 unspecified atom stereocenters. The average molecular weight is 234 g/mol. The van der Waals surface area contributed by atoms with E-state index in [1.807, 2.05) is 36.2 Å². The summed E-state index contributed by atoms with van der Waals surface area (Å²) in [4.78, 5) is 13.6. The number of nitrogens with zero attached hydrogens (tertiary/aromatic N) is 1. The molecule has 0 saturated carbocycles. The molecule has 1 rings (SSSR count). The number of hydrogen-bond acceptors (Lipinski definition) is 2. The maximum atomic E-state index is 11.8. The Balaban J connectivity index is 2.40. The molecule has 0 aliphatic rings. The number of hydrogen-bond donors (Lipinski definition) is 1. The smallest absolute Gasteiger partial charge is 0.222 e. The van der Waals surface area contributed by atoms with Crippen molar-refractivity contribution in [1.82, 2.24) is 4.90 Å². The maximum Gasteiger partial charge on any atom is 0.222 e. The number of benzene rings is 1. The summed E-state index contributed by atoms with van der Waals surface area (Å²) in [5.41, 5.74) is 7.67. The Labute approximate surface area is 104 Å². The third-order valence-electron chi connectivity index (χ3n) is 2.94. The van der Waals surface area contributed by atoms with Gasteiger partial charge in [-0.3, -0.25) is 4.79 Å². The van der Waals surface area contributed by atoms with Gasteiger partial charge in [0.15, 0.2) is 0 Å². The molecule has 2 N–H and O–H groups in total. The van der Waals surface area contributed by atoms with Crippen molar-refractivity contribution in [2.75, 3.05) is 19.3 Å². The van der Waals surface area contributed by atoms with Crippen molar-refractivity contribution in [3.05, 3.63) is 29.8 Å². The number of rotatable bonds is 6. The largest absolute Gasteiger partial charge is 0.399 e. The zero-order chi connectivity index (χ0) is 12.7. The van der Waals surface area contributed by atoms with Crippen molar-refractivity contribution in [3.63, 3.8) is 0 Å². The van der Waals surface area contributed by atoms with Crippen LogP contribution in [0.2, 0.25) is 0 Å². The van der Waals surface area contributed by atoms with Gasteiger partial charge in [0.25, 0.3) is 0 Å². The Morgan fingerprint density at radius 2 is 2.06 bits per heavy atom. The molecule has 3 nitrogen and oxygen atoms in total. The highest BCUT2D eigenvalue weighted by Gasteiger charge is 2.08.